The lowest BCUT2D eigenvalue weighted by Gasteiger charge is -2.57. The molecule has 2 heterocycles. The number of carbonyl (C=O) groups excluding carboxylic acids is 7. The second-order valence-corrected chi connectivity index (χ2v) is 28.5. The van der Waals surface area contributed by atoms with Crippen molar-refractivity contribution in [3.05, 3.63) is 91.0 Å². The molecule has 0 aromatic heterocycles. The summed E-state index contributed by atoms with van der Waals surface area (Å²) in [6.45, 7) is -0.380. The highest BCUT2D eigenvalue weighted by atomic mass is 32.2. The van der Waals surface area contributed by atoms with Gasteiger partial charge in [-0.1, -0.05) is 54.6 Å². The van der Waals surface area contributed by atoms with Crippen molar-refractivity contribution in [2.45, 2.75) is 154 Å². The fourth-order valence-electron chi connectivity index (χ4n) is 18.0. The molecule has 6 radical (unpaired) electrons. The molecule has 3 aromatic carbocycles. The van der Waals surface area contributed by atoms with E-state index in [9.17, 15) is 47.4 Å². The van der Waals surface area contributed by atoms with Gasteiger partial charge in [0.15, 0.2) is 27.9 Å². The van der Waals surface area contributed by atoms with Crippen molar-refractivity contribution in [1.82, 2.24) is 0 Å². The van der Waals surface area contributed by atoms with Crippen molar-refractivity contribution < 1.29 is 80.6 Å². The van der Waals surface area contributed by atoms with Crippen LogP contribution < -0.4 is 0 Å². The van der Waals surface area contributed by atoms with Crippen molar-refractivity contribution in [1.29, 1.82) is 0 Å². The average molecular weight is 1180 g/mol. The molecule has 14 fully saturated rings. The Morgan fingerprint density at radius 2 is 0.918 bits per heavy atom. The number of fused-ring (bicyclic) bond motifs is 2. The number of carbonyl (C=O) groups is 7. The highest BCUT2D eigenvalue weighted by Crippen LogP contribution is 2.63. The summed E-state index contributed by atoms with van der Waals surface area (Å²) in [5.74, 6) is -6.23. The summed E-state index contributed by atoms with van der Waals surface area (Å²) in [4.78, 5) is 90.3. The highest BCUT2D eigenvalue weighted by Gasteiger charge is 2.66. The Kier molecular flexibility index (Phi) is 16.7. The van der Waals surface area contributed by atoms with Crippen LogP contribution in [0.15, 0.2) is 106 Å². The Morgan fingerprint density at radius 3 is 1.29 bits per heavy atom. The Morgan fingerprint density at radius 1 is 0.553 bits per heavy atom. The van der Waals surface area contributed by atoms with Crippen molar-refractivity contribution in [2.75, 3.05) is 13.2 Å². The predicted molar refractivity (Wildman–Crippen MR) is 304 cm³/mol. The van der Waals surface area contributed by atoms with Gasteiger partial charge in [0, 0.05) is 60.2 Å². The lowest BCUT2D eigenvalue weighted by atomic mass is 9.08. The van der Waals surface area contributed by atoms with Crippen LogP contribution in [0.4, 0.5) is 8.78 Å². The molecule has 1 N–H and O–H groups in total. The maximum Gasteiger partial charge on any atom is 0.376 e. The molecule has 2 aliphatic heterocycles. The summed E-state index contributed by atoms with van der Waals surface area (Å²) < 4.78 is 64.7. The first kappa shape index (κ1) is 59.7. The Balaban J connectivity index is 0.000000125. The second kappa shape index (κ2) is 23.8. The minimum absolute atomic E-state index is 0.0146. The molecule has 12 bridgehead atoms. The van der Waals surface area contributed by atoms with Crippen LogP contribution in [0.3, 0.4) is 0 Å². The van der Waals surface area contributed by atoms with Gasteiger partial charge in [-0.2, -0.15) is 8.78 Å². The van der Waals surface area contributed by atoms with E-state index in [1.807, 2.05) is 0 Å². The number of esters is 7. The predicted octanol–water partition coefficient (Wildman–Crippen LogP) is 6.88. The van der Waals surface area contributed by atoms with Gasteiger partial charge in [0.2, 0.25) is 0 Å². The third-order valence-corrected chi connectivity index (χ3v) is 23.0. The molecule has 85 heavy (non-hydrogen) atoms. The first-order valence-electron chi connectivity index (χ1n) is 30.2. The normalized spacial score (nSPS) is 37.9. The standard InChI is InChI=1S/C24H28F2O8.C21H26O7.C18H15S.B4/c1-23(25,26)21(29)34-17-12-2-10-3-13(17)8-24(6-10,7-12)22(30)31-9-16(27)32-18-11-4-14-15(5-11)20(28)33-19(14)18;22-15(27-17-10-3-13-14(4-10)19(24)28-18(13)17)8-26-20(25)21-5-9-1-11(6-21)16(23)12(2-9)7-21;1-4-10-16(11-5-1)19(17-12-6-2-7-13-17)18-14-8-3-9-15-18;1-4(2)3/h10-15,17-19H,2-9H2,1H3;9-14,16-18,23H,1-8H2;1-15H;/q;;+1;. The lowest BCUT2D eigenvalue weighted by molar-refractivity contribution is -0.208. The van der Waals surface area contributed by atoms with Gasteiger partial charge in [-0.05, 0) is 162 Å². The van der Waals surface area contributed by atoms with Gasteiger partial charge in [-0.15, -0.1) is 0 Å². The molecule has 0 amide bonds. The van der Waals surface area contributed by atoms with Gasteiger partial charge in [0.25, 0.3) is 0 Å². The van der Waals surface area contributed by atoms with E-state index in [-0.39, 0.29) is 113 Å². The van der Waals surface area contributed by atoms with Crippen molar-refractivity contribution in [3.8, 4) is 0 Å². The molecule has 442 valence electrons. The van der Waals surface area contributed by atoms with Gasteiger partial charge >= 0.3 is 47.7 Å². The van der Waals surface area contributed by atoms with E-state index in [0.29, 0.717) is 51.4 Å². The number of benzene rings is 3. The third-order valence-electron chi connectivity index (χ3n) is 20.8. The van der Waals surface area contributed by atoms with Crippen LogP contribution in [0.2, 0.25) is 0 Å². The van der Waals surface area contributed by atoms with Crippen LogP contribution in [-0.4, -0.2) is 132 Å². The van der Waals surface area contributed by atoms with Crippen LogP contribution in [-0.2, 0) is 77.6 Å². The molecule has 0 spiro atoms. The third kappa shape index (κ3) is 11.9. The van der Waals surface area contributed by atoms with E-state index in [1.54, 1.807) is 0 Å². The summed E-state index contributed by atoms with van der Waals surface area (Å²) in [5, 5.41) is 10.4. The number of ether oxygens (including phenoxy) is 7. The summed E-state index contributed by atoms with van der Waals surface area (Å²) >= 11 is 0. The number of hydrogen-bond donors (Lipinski definition) is 1. The monoisotopic (exact) mass is 1180 g/mol. The van der Waals surface area contributed by atoms with Crippen LogP contribution in [0.25, 0.3) is 0 Å². The minimum Gasteiger partial charge on any atom is -0.458 e. The van der Waals surface area contributed by atoms with E-state index in [1.165, 1.54) is 14.7 Å². The maximum atomic E-state index is 13.4. The number of alkyl halides is 2. The second-order valence-electron chi connectivity index (χ2n) is 26.4. The summed E-state index contributed by atoms with van der Waals surface area (Å²) in [6.07, 6.45) is 6.93. The molecule has 14 aliphatic rings. The van der Waals surface area contributed by atoms with Gasteiger partial charge in [0.1, 0.15) is 30.5 Å². The fraction of sp³-hybridized carbons (Fsp3) is 0.603. The van der Waals surface area contributed by atoms with E-state index < -0.39 is 78.0 Å². The molecule has 17 rings (SSSR count). The number of aliphatic hydroxyl groups is 1. The highest BCUT2D eigenvalue weighted by molar-refractivity contribution is 7.97. The molecule has 2 saturated heterocycles. The average Bonchev–Trinajstić information content (AvgIpc) is 1.01. The summed E-state index contributed by atoms with van der Waals surface area (Å²) in [5.41, 5.74) is -1.31. The number of halogens is 2. The Hall–Kier alpha value is -5.62. The number of aliphatic hydroxyl groups excluding tert-OH is 1. The fourth-order valence-corrected chi connectivity index (χ4v) is 20.1. The molecule has 12 aliphatic carbocycles. The molecule has 15 nitrogen and oxygen atoms in total. The number of rotatable bonds is 13. The number of hydrogen-bond acceptors (Lipinski definition) is 15. The lowest BCUT2D eigenvalue weighted by Crippen LogP contribution is -2.58. The zero-order valence-electron chi connectivity index (χ0n) is 47.5. The van der Waals surface area contributed by atoms with Gasteiger partial charge < -0.3 is 38.3 Å². The van der Waals surface area contributed by atoms with E-state index in [2.05, 4.69) is 114 Å². The molecule has 14 atom stereocenters. The van der Waals surface area contributed by atoms with Crippen LogP contribution >= 0.6 is 0 Å². The molecule has 22 heteroatoms. The van der Waals surface area contributed by atoms with E-state index in [4.69, 9.17) is 33.2 Å². The maximum absolute atomic E-state index is 13.4. The quantitative estimate of drug-likeness (QED) is 0.0802. The van der Waals surface area contributed by atoms with Crippen LogP contribution in [0.1, 0.15) is 96.8 Å². The van der Waals surface area contributed by atoms with Gasteiger partial charge in [-0.25, -0.2) is 14.4 Å². The van der Waals surface area contributed by atoms with Crippen LogP contribution in [0.5, 0.6) is 0 Å². The molecular weight excluding hydrogens is 1110 g/mol. The van der Waals surface area contributed by atoms with Crippen LogP contribution in [0, 0.1) is 81.8 Å². The van der Waals surface area contributed by atoms with Gasteiger partial charge in [0.05, 0.1) is 39.7 Å². The van der Waals surface area contributed by atoms with Crippen molar-refractivity contribution in [2.24, 2.45) is 81.8 Å². The first-order valence-corrected chi connectivity index (χ1v) is 31.5. The SMILES string of the molecule is CC(F)(F)C(=O)OC1C2CC3CC1CC(C(=O)OCC(=O)OC1C4CC5C(=O)OC1C5C4)(C3)C2.O=C(COC(=O)C12CC3CC(C1)C(O)C(C3)C2)OC1C2CC3C(=O)OC1C3C2.[B]B([B])[B].c1ccc([S+](c2ccccc2)c2ccccc2)cc1. The van der Waals surface area contributed by atoms with E-state index in [0.717, 1.165) is 51.4 Å². The Labute approximate surface area is 500 Å². The van der Waals surface area contributed by atoms with Crippen molar-refractivity contribution >= 4 is 82.3 Å². The zero-order valence-corrected chi connectivity index (χ0v) is 48.3. The Bertz CT molecular complexity index is 2890. The minimum atomic E-state index is -3.55. The topological polar surface area (TPSA) is 204 Å². The molecule has 12 saturated carbocycles. The summed E-state index contributed by atoms with van der Waals surface area (Å²) in [6, 6.07) is 32.2. The summed E-state index contributed by atoms with van der Waals surface area (Å²) in [7, 11) is 14.0. The first-order chi connectivity index (χ1) is 40.7. The smallest absolute Gasteiger partial charge is 0.376 e. The van der Waals surface area contributed by atoms with Crippen molar-refractivity contribution in [3.63, 3.8) is 0 Å². The molecule has 14 unspecified atom stereocenters. The molecule has 3 aromatic rings. The largest absolute Gasteiger partial charge is 0.458 e. The molecular formula is C63H69B4F2O15S+. The zero-order chi connectivity index (χ0) is 59.7. The van der Waals surface area contributed by atoms with Gasteiger partial charge in [-0.3, -0.25) is 19.2 Å². The van der Waals surface area contributed by atoms with E-state index >= 15 is 0 Å².